The number of sulfonamides is 1. The molecule has 9 heteroatoms. The molecule has 1 aromatic carbocycles. The van der Waals surface area contributed by atoms with Crippen LogP contribution in [-0.4, -0.2) is 25.9 Å². The Morgan fingerprint density at radius 2 is 2.10 bits per heavy atom. The van der Waals surface area contributed by atoms with Gasteiger partial charge in [-0.1, -0.05) is 0 Å². The fourth-order valence-electron chi connectivity index (χ4n) is 1.76. The molecule has 1 aromatic rings. The van der Waals surface area contributed by atoms with Crippen LogP contribution in [0.15, 0.2) is 17.0 Å². The number of hydrogen-bond acceptors (Lipinski definition) is 5. The summed E-state index contributed by atoms with van der Waals surface area (Å²) in [5, 5.41) is 13.4. The molecule has 0 radical (unpaired) electrons. The highest BCUT2D eigenvalue weighted by atomic mass is 32.2. The molecule has 0 spiro atoms. The fourth-order valence-corrected chi connectivity index (χ4v) is 3.29. The maximum absolute atomic E-state index is 14.0. The standard InChI is InChI=1S/C11H14FN3O4S/c1-2-13-10-6-8(15(16)17)5-9(12)11(10)20(18,19)14-7-3-4-7/h5-7,13-14H,2-4H2,1H3. The van der Waals surface area contributed by atoms with Gasteiger partial charge >= 0.3 is 0 Å². The summed E-state index contributed by atoms with van der Waals surface area (Å²) < 4.78 is 40.6. The molecular formula is C11H14FN3O4S. The number of halogens is 1. The van der Waals surface area contributed by atoms with Crippen LogP contribution in [0.3, 0.4) is 0 Å². The van der Waals surface area contributed by atoms with Crippen molar-refractivity contribution < 1.29 is 17.7 Å². The molecule has 0 atom stereocenters. The molecule has 7 nitrogen and oxygen atoms in total. The van der Waals surface area contributed by atoms with Crippen molar-refractivity contribution >= 4 is 21.4 Å². The number of nitro benzene ring substituents is 1. The average Bonchev–Trinajstić information content (AvgIpc) is 3.11. The smallest absolute Gasteiger partial charge is 0.274 e. The van der Waals surface area contributed by atoms with E-state index in [-0.39, 0.29) is 11.7 Å². The summed E-state index contributed by atoms with van der Waals surface area (Å²) in [6.45, 7) is 1.99. The van der Waals surface area contributed by atoms with Crippen LogP contribution in [0.5, 0.6) is 0 Å². The van der Waals surface area contributed by atoms with Crippen LogP contribution in [0.2, 0.25) is 0 Å². The lowest BCUT2D eigenvalue weighted by molar-refractivity contribution is -0.385. The van der Waals surface area contributed by atoms with Crippen molar-refractivity contribution in [2.75, 3.05) is 11.9 Å². The Kier molecular flexibility index (Phi) is 3.91. The lowest BCUT2D eigenvalue weighted by Gasteiger charge is -2.13. The number of anilines is 1. The highest BCUT2D eigenvalue weighted by Gasteiger charge is 2.32. The zero-order valence-electron chi connectivity index (χ0n) is 10.7. The molecule has 1 fully saturated rings. The Balaban J connectivity index is 2.52. The number of benzene rings is 1. The monoisotopic (exact) mass is 303 g/mol. The highest BCUT2D eigenvalue weighted by Crippen LogP contribution is 2.31. The molecule has 20 heavy (non-hydrogen) atoms. The molecule has 0 saturated heterocycles. The van der Waals surface area contributed by atoms with Crippen LogP contribution in [0.1, 0.15) is 19.8 Å². The van der Waals surface area contributed by atoms with E-state index < -0.39 is 31.3 Å². The van der Waals surface area contributed by atoms with Crippen molar-refractivity contribution in [1.29, 1.82) is 0 Å². The van der Waals surface area contributed by atoms with Crippen molar-refractivity contribution in [3.05, 3.63) is 28.1 Å². The largest absolute Gasteiger partial charge is 0.384 e. The fraction of sp³-hybridized carbons (Fsp3) is 0.455. The SMILES string of the molecule is CCNc1cc([N+](=O)[O-])cc(F)c1S(=O)(=O)NC1CC1. The van der Waals surface area contributed by atoms with Gasteiger partial charge in [0.25, 0.3) is 5.69 Å². The molecule has 2 rings (SSSR count). The summed E-state index contributed by atoms with van der Waals surface area (Å²) in [4.78, 5) is 9.36. The second-order valence-corrected chi connectivity index (χ2v) is 6.14. The number of rotatable bonds is 6. The lowest BCUT2D eigenvalue weighted by Crippen LogP contribution is -2.27. The zero-order chi connectivity index (χ0) is 14.9. The van der Waals surface area contributed by atoms with Gasteiger partial charge in [0.1, 0.15) is 4.90 Å². The van der Waals surface area contributed by atoms with Gasteiger partial charge in [-0.15, -0.1) is 0 Å². The number of nitro groups is 1. The van der Waals surface area contributed by atoms with Crippen LogP contribution in [0, 0.1) is 15.9 Å². The summed E-state index contributed by atoms with van der Waals surface area (Å²) in [6, 6.07) is 1.46. The first-order valence-corrected chi connectivity index (χ1v) is 7.57. The van der Waals surface area contributed by atoms with Crippen LogP contribution in [0.4, 0.5) is 15.8 Å². The van der Waals surface area contributed by atoms with Crippen molar-refractivity contribution in [1.82, 2.24) is 4.72 Å². The van der Waals surface area contributed by atoms with Crippen LogP contribution >= 0.6 is 0 Å². The number of hydrogen-bond donors (Lipinski definition) is 2. The molecule has 1 saturated carbocycles. The first-order valence-electron chi connectivity index (χ1n) is 6.09. The topological polar surface area (TPSA) is 101 Å². The first-order chi connectivity index (χ1) is 9.35. The second-order valence-electron chi connectivity index (χ2n) is 4.49. The molecule has 0 bridgehead atoms. The van der Waals surface area contributed by atoms with E-state index in [1.807, 2.05) is 0 Å². The van der Waals surface area contributed by atoms with Gasteiger partial charge in [-0.3, -0.25) is 10.1 Å². The summed E-state index contributed by atoms with van der Waals surface area (Å²) in [5.74, 6) is -1.14. The summed E-state index contributed by atoms with van der Waals surface area (Å²) >= 11 is 0. The van der Waals surface area contributed by atoms with Crippen LogP contribution in [0.25, 0.3) is 0 Å². The summed E-state index contributed by atoms with van der Waals surface area (Å²) in [7, 11) is -4.03. The maximum Gasteiger partial charge on any atom is 0.274 e. The van der Waals surface area contributed by atoms with Crippen molar-refractivity contribution in [3.8, 4) is 0 Å². The van der Waals surface area contributed by atoms with Gasteiger partial charge in [-0.2, -0.15) is 0 Å². The minimum Gasteiger partial charge on any atom is -0.384 e. The van der Waals surface area contributed by atoms with Crippen LogP contribution < -0.4 is 10.0 Å². The van der Waals surface area contributed by atoms with Crippen molar-refractivity contribution in [2.24, 2.45) is 0 Å². The quantitative estimate of drug-likeness (QED) is 0.614. The second kappa shape index (κ2) is 5.33. The summed E-state index contributed by atoms with van der Waals surface area (Å²) in [6.07, 6.45) is 1.43. The Bertz CT molecular complexity index is 643. The first kappa shape index (κ1) is 14.7. The van der Waals surface area contributed by atoms with E-state index >= 15 is 0 Å². The van der Waals surface area contributed by atoms with E-state index in [9.17, 15) is 22.9 Å². The van der Waals surface area contributed by atoms with Gasteiger partial charge in [-0.05, 0) is 19.8 Å². The molecule has 0 amide bonds. The third kappa shape index (κ3) is 3.05. The zero-order valence-corrected chi connectivity index (χ0v) is 11.5. The van der Waals surface area contributed by atoms with E-state index in [0.717, 1.165) is 6.07 Å². The third-order valence-corrected chi connectivity index (χ3v) is 4.37. The lowest BCUT2D eigenvalue weighted by atomic mass is 10.2. The molecule has 1 aliphatic carbocycles. The normalized spacial score (nSPS) is 15.1. The van der Waals surface area contributed by atoms with Gasteiger partial charge in [0.15, 0.2) is 5.82 Å². The molecule has 0 unspecified atom stereocenters. The van der Waals surface area contributed by atoms with Crippen molar-refractivity contribution in [2.45, 2.75) is 30.7 Å². The molecular weight excluding hydrogens is 289 g/mol. The van der Waals surface area contributed by atoms with Gasteiger partial charge in [0, 0.05) is 18.7 Å². The Morgan fingerprint density at radius 1 is 1.45 bits per heavy atom. The summed E-state index contributed by atoms with van der Waals surface area (Å²) in [5.41, 5.74) is -0.601. The maximum atomic E-state index is 14.0. The van der Waals surface area contributed by atoms with E-state index in [4.69, 9.17) is 0 Å². The van der Waals surface area contributed by atoms with E-state index in [1.165, 1.54) is 0 Å². The number of non-ortho nitro benzene ring substituents is 1. The van der Waals surface area contributed by atoms with Gasteiger partial charge in [0.05, 0.1) is 16.7 Å². The molecule has 0 aromatic heterocycles. The number of nitrogens with zero attached hydrogens (tertiary/aromatic N) is 1. The molecule has 0 aliphatic heterocycles. The predicted molar refractivity (Wildman–Crippen MR) is 70.6 cm³/mol. The van der Waals surface area contributed by atoms with Crippen molar-refractivity contribution in [3.63, 3.8) is 0 Å². The van der Waals surface area contributed by atoms with E-state index in [0.29, 0.717) is 25.5 Å². The Morgan fingerprint density at radius 3 is 2.60 bits per heavy atom. The average molecular weight is 303 g/mol. The Labute approximate surface area is 115 Å². The molecule has 110 valence electrons. The molecule has 0 heterocycles. The molecule has 1 aliphatic rings. The van der Waals surface area contributed by atoms with Gasteiger partial charge in [-0.25, -0.2) is 17.5 Å². The predicted octanol–water partition coefficient (Wildman–Crippen LogP) is 1.61. The Hall–Kier alpha value is -1.74. The van der Waals surface area contributed by atoms with E-state index in [1.54, 1.807) is 6.92 Å². The molecule has 2 N–H and O–H groups in total. The minimum absolute atomic E-state index is 0.104. The minimum atomic E-state index is -4.03. The van der Waals surface area contributed by atoms with Gasteiger partial charge < -0.3 is 5.32 Å². The van der Waals surface area contributed by atoms with Gasteiger partial charge in [0.2, 0.25) is 10.0 Å². The third-order valence-electron chi connectivity index (χ3n) is 2.77. The van der Waals surface area contributed by atoms with Crippen LogP contribution in [-0.2, 0) is 10.0 Å². The van der Waals surface area contributed by atoms with E-state index in [2.05, 4.69) is 10.0 Å². The number of nitrogens with one attached hydrogen (secondary N) is 2. The highest BCUT2D eigenvalue weighted by molar-refractivity contribution is 7.89.